The molecule has 1 fully saturated rings. The van der Waals surface area contributed by atoms with E-state index in [4.69, 9.17) is 19.1 Å². The highest BCUT2D eigenvalue weighted by molar-refractivity contribution is 5.70. The minimum Gasteiger partial charge on any atom is -0.495 e. The Hall–Kier alpha value is -3.85. The van der Waals surface area contributed by atoms with Crippen molar-refractivity contribution in [2.24, 2.45) is 5.92 Å². The van der Waals surface area contributed by atoms with Gasteiger partial charge in [-0.25, -0.2) is 4.98 Å². The predicted molar refractivity (Wildman–Crippen MR) is 119 cm³/mol. The smallest absolute Gasteiger partial charge is 0.252 e. The summed E-state index contributed by atoms with van der Waals surface area (Å²) in [6, 6.07) is 11.6. The van der Waals surface area contributed by atoms with Gasteiger partial charge in [0, 0.05) is 29.3 Å². The number of aliphatic hydroxyl groups is 1. The molecule has 1 saturated carbocycles. The Kier molecular flexibility index (Phi) is 5.70. The summed E-state index contributed by atoms with van der Waals surface area (Å²) < 4.78 is 16.3. The zero-order chi connectivity index (χ0) is 22.8. The zero-order valence-electron chi connectivity index (χ0n) is 18.3. The molecule has 0 aliphatic heterocycles. The molecule has 5 rings (SSSR count). The first-order chi connectivity index (χ1) is 16.1. The minimum atomic E-state index is -0.289. The Balaban J connectivity index is 1.29. The molecule has 0 bridgehead atoms. The summed E-state index contributed by atoms with van der Waals surface area (Å²) in [6.45, 7) is 2.12. The van der Waals surface area contributed by atoms with Crippen LogP contribution < -0.4 is 9.47 Å². The second kappa shape index (κ2) is 8.95. The Morgan fingerprint density at radius 3 is 2.55 bits per heavy atom. The van der Waals surface area contributed by atoms with Gasteiger partial charge in [0.05, 0.1) is 25.5 Å². The molecule has 0 radical (unpaired) electrons. The van der Waals surface area contributed by atoms with Crippen LogP contribution in [-0.4, -0.2) is 43.9 Å². The average Bonchev–Trinajstić information content (AvgIpc) is 3.48. The van der Waals surface area contributed by atoms with Crippen molar-refractivity contribution < 1.29 is 19.1 Å². The van der Waals surface area contributed by atoms with Crippen LogP contribution in [0.15, 0.2) is 53.3 Å². The number of aromatic nitrogens is 5. The van der Waals surface area contributed by atoms with Crippen molar-refractivity contribution >= 4 is 0 Å². The Morgan fingerprint density at radius 2 is 1.85 bits per heavy atom. The minimum absolute atomic E-state index is 0.180. The van der Waals surface area contributed by atoms with Gasteiger partial charge in [0.2, 0.25) is 11.7 Å². The molecule has 9 nitrogen and oxygen atoms in total. The largest absolute Gasteiger partial charge is 0.495 e. The average molecular weight is 445 g/mol. The van der Waals surface area contributed by atoms with Gasteiger partial charge in [0.15, 0.2) is 0 Å². The molecular weight excluding hydrogens is 422 g/mol. The normalized spacial score (nSPS) is 17.1. The molecular formula is C24H23N5O4. The Labute approximate surface area is 190 Å². The van der Waals surface area contributed by atoms with Crippen LogP contribution in [0.1, 0.15) is 29.7 Å². The van der Waals surface area contributed by atoms with Crippen molar-refractivity contribution in [3.05, 3.63) is 66.2 Å². The van der Waals surface area contributed by atoms with Crippen molar-refractivity contribution in [1.82, 2.24) is 25.1 Å². The second-order valence-corrected chi connectivity index (χ2v) is 7.92. The molecule has 1 aliphatic rings. The van der Waals surface area contributed by atoms with E-state index in [1.165, 1.54) is 0 Å². The molecule has 33 heavy (non-hydrogen) atoms. The van der Waals surface area contributed by atoms with Gasteiger partial charge in [-0.2, -0.15) is 9.97 Å². The van der Waals surface area contributed by atoms with Crippen molar-refractivity contribution in [2.45, 2.75) is 25.9 Å². The number of rotatable bonds is 8. The molecule has 0 saturated heterocycles. The fraction of sp³-hybridized carbons (Fsp3) is 0.292. The molecule has 4 aromatic rings. The van der Waals surface area contributed by atoms with Crippen molar-refractivity contribution in [3.63, 3.8) is 0 Å². The summed E-state index contributed by atoms with van der Waals surface area (Å²) in [5, 5.41) is 13.0. The quantitative estimate of drug-likeness (QED) is 0.434. The Morgan fingerprint density at radius 1 is 1.03 bits per heavy atom. The molecule has 2 atom stereocenters. The number of benzene rings is 1. The van der Waals surface area contributed by atoms with Gasteiger partial charge in [-0.1, -0.05) is 29.4 Å². The summed E-state index contributed by atoms with van der Waals surface area (Å²) in [5.74, 6) is 3.36. The van der Waals surface area contributed by atoms with E-state index in [0.717, 1.165) is 34.6 Å². The van der Waals surface area contributed by atoms with Crippen LogP contribution in [0.4, 0.5) is 0 Å². The maximum Gasteiger partial charge on any atom is 0.252 e. The van der Waals surface area contributed by atoms with Gasteiger partial charge in [-0.15, -0.1) is 0 Å². The van der Waals surface area contributed by atoms with E-state index in [9.17, 15) is 0 Å². The van der Waals surface area contributed by atoms with E-state index in [2.05, 4.69) is 25.1 Å². The van der Waals surface area contributed by atoms with E-state index >= 15 is 0 Å². The molecule has 1 unspecified atom stereocenters. The summed E-state index contributed by atoms with van der Waals surface area (Å²) in [5.41, 5.74) is 3.58. The molecule has 1 N–H and O–H groups in total. The monoisotopic (exact) mass is 445 g/mol. The number of aryl methyl sites for hydroxylation is 1. The zero-order valence-corrected chi connectivity index (χ0v) is 18.3. The summed E-state index contributed by atoms with van der Waals surface area (Å²) in [4.78, 5) is 17.5. The number of pyridine rings is 1. The predicted octanol–water partition coefficient (Wildman–Crippen LogP) is 3.58. The lowest BCUT2D eigenvalue weighted by atomic mass is 10.1. The van der Waals surface area contributed by atoms with Crippen LogP contribution in [-0.2, 0) is 6.61 Å². The molecule has 1 aliphatic carbocycles. The highest BCUT2D eigenvalue weighted by Crippen LogP contribution is 2.47. The van der Waals surface area contributed by atoms with Crippen LogP contribution >= 0.6 is 0 Å². The third-order valence-corrected chi connectivity index (χ3v) is 5.66. The number of ether oxygens (including phenoxy) is 2. The second-order valence-electron chi connectivity index (χ2n) is 7.92. The third kappa shape index (κ3) is 4.54. The first kappa shape index (κ1) is 21.0. The maximum absolute atomic E-state index is 9.11. The highest BCUT2D eigenvalue weighted by Gasteiger charge is 2.40. The number of hydrogen-bond donors (Lipinski definition) is 1. The third-order valence-electron chi connectivity index (χ3n) is 5.66. The van der Waals surface area contributed by atoms with Crippen LogP contribution in [0.5, 0.6) is 11.6 Å². The molecule has 3 heterocycles. The van der Waals surface area contributed by atoms with E-state index < -0.39 is 0 Å². The number of hydrogen-bond acceptors (Lipinski definition) is 9. The summed E-state index contributed by atoms with van der Waals surface area (Å²) in [7, 11) is 1.64. The van der Waals surface area contributed by atoms with Gasteiger partial charge < -0.3 is 19.1 Å². The lowest BCUT2D eigenvalue weighted by molar-refractivity contribution is 0.222. The molecule has 168 valence electrons. The molecule has 1 aromatic carbocycles. The lowest BCUT2D eigenvalue weighted by Crippen LogP contribution is -2.05. The fourth-order valence-corrected chi connectivity index (χ4v) is 3.70. The van der Waals surface area contributed by atoms with Gasteiger partial charge in [0.1, 0.15) is 18.2 Å². The van der Waals surface area contributed by atoms with Crippen molar-refractivity contribution in [3.8, 4) is 34.1 Å². The SMILES string of the molecule is COc1ccc([C@@H]2CC2COc2nc(C)ncc2-c2ccc(-c3noc(CO)n3)cc2)nc1. The highest BCUT2D eigenvalue weighted by atomic mass is 16.5. The first-order valence-electron chi connectivity index (χ1n) is 10.6. The fourth-order valence-electron chi connectivity index (χ4n) is 3.70. The summed E-state index contributed by atoms with van der Waals surface area (Å²) >= 11 is 0. The van der Waals surface area contributed by atoms with E-state index in [-0.39, 0.29) is 12.5 Å². The topological polar surface area (TPSA) is 116 Å². The van der Waals surface area contributed by atoms with Gasteiger partial charge in [0.25, 0.3) is 5.89 Å². The standard InChI is InChI=1S/C24H23N5O4/c1-14-25-11-20(15-3-5-16(6-4-15)23-28-22(12-30)33-29-23)24(27-14)32-13-17-9-19(17)21-8-7-18(31-2)10-26-21/h3-8,10-11,17,19,30H,9,12-13H2,1-2H3/t17?,19-/m1/s1. The van der Waals surface area contributed by atoms with Crippen LogP contribution in [0.3, 0.4) is 0 Å². The van der Waals surface area contributed by atoms with E-state index in [0.29, 0.717) is 36.0 Å². The van der Waals surface area contributed by atoms with Crippen LogP contribution in [0, 0.1) is 12.8 Å². The molecule has 0 amide bonds. The van der Waals surface area contributed by atoms with Crippen molar-refractivity contribution in [1.29, 1.82) is 0 Å². The van der Waals surface area contributed by atoms with Gasteiger partial charge in [-0.05, 0) is 31.0 Å². The summed E-state index contributed by atoms with van der Waals surface area (Å²) in [6.07, 6.45) is 4.56. The van der Waals surface area contributed by atoms with Gasteiger partial charge >= 0.3 is 0 Å². The number of methoxy groups -OCH3 is 1. The van der Waals surface area contributed by atoms with E-state index in [1.54, 1.807) is 19.5 Å². The van der Waals surface area contributed by atoms with Crippen molar-refractivity contribution in [2.75, 3.05) is 13.7 Å². The number of nitrogens with zero attached hydrogens (tertiary/aromatic N) is 5. The molecule has 3 aromatic heterocycles. The van der Waals surface area contributed by atoms with Crippen LogP contribution in [0.2, 0.25) is 0 Å². The Bertz CT molecular complexity index is 1240. The van der Waals surface area contributed by atoms with E-state index in [1.807, 2.05) is 43.3 Å². The number of aliphatic hydroxyl groups excluding tert-OH is 1. The van der Waals surface area contributed by atoms with Gasteiger partial charge in [-0.3, -0.25) is 4.98 Å². The first-order valence-corrected chi connectivity index (χ1v) is 10.6. The maximum atomic E-state index is 9.11. The lowest BCUT2D eigenvalue weighted by Gasteiger charge is -2.11. The molecule has 0 spiro atoms. The van der Waals surface area contributed by atoms with Crippen LogP contribution in [0.25, 0.3) is 22.5 Å². The molecule has 9 heteroatoms.